The highest BCUT2D eigenvalue weighted by atomic mass is 16.5. The molecule has 2 aromatic heterocycles. The van der Waals surface area contributed by atoms with Gasteiger partial charge >= 0.3 is 0 Å². The standard InChI is InChI=1S/C22H23N3O3/c1-28-20-6-2-5-19-17(20)8-9-23(19)14-22(27)24-11-15-10-16(13-24)18-4-3-7-21(26)25(18)12-15/h2-9,15-16H,10-14H2,1H3/t15-,16+/m0/s1. The summed E-state index contributed by atoms with van der Waals surface area (Å²) in [6, 6.07) is 13.4. The van der Waals surface area contributed by atoms with Crippen molar-refractivity contribution in [1.29, 1.82) is 0 Å². The molecule has 2 aliphatic rings. The largest absolute Gasteiger partial charge is 0.496 e. The van der Waals surface area contributed by atoms with Gasteiger partial charge in [0.25, 0.3) is 5.56 Å². The van der Waals surface area contributed by atoms with Crippen LogP contribution in [0.2, 0.25) is 0 Å². The topological polar surface area (TPSA) is 56.5 Å². The van der Waals surface area contributed by atoms with Gasteiger partial charge in [0.1, 0.15) is 12.3 Å². The molecule has 4 heterocycles. The average Bonchev–Trinajstić information content (AvgIpc) is 3.11. The van der Waals surface area contributed by atoms with Crippen molar-refractivity contribution in [3.63, 3.8) is 0 Å². The van der Waals surface area contributed by atoms with Gasteiger partial charge in [-0.25, -0.2) is 0 Å². The van der Waals surface area contributed by atoms with E-state index in [1.807, 2.05) is 56.6 Å². The van der Waals surface area contributed by atoms with Crippen molar-refractivity contribution >= 4 is 16.8 Å². The maximum Gasteiger partial charge on any atom is 0.250 e. The molecule has 1 aromatic carbocycles. The number of rotatable bonds is 3. The van der Waals surface area contributed by atoms with Crippen molar-refractivity contribution in [1.82, 2.24) is 14.0 Å². The van der Waals surface area contributed by atoms with Gasteiger partial charge in [-0.1, -0.05) is 12.1 Å². The fraction of sp³-hybridized carbons (Fsp3) is 0.364. The molecule has 28 heavy (non-hydrogen) atoms. The lowest BCUT2D eigenvalue weighted by atomic mass is 9.83. The summed E-state index contributed by atoms with van der Waals surface area (Å²) in [4.78, 5) is 27.2. The molecule has 0 spiro atoms. The molecule has 6 heteroatoms. The van der Waals surface area contributed by atoms with Gasteiger partial charge in [0.05, 0.1) is 12.6 Å². The fourth-order valence-corrected chi connectivity index (χ4v) is 4.86. The van der Waals surface area contributed by atoms with Gasteiger partial charge in [0.15, 0.2) is 0 Å². The van der Waals surface area contributed by atoms with Crippen LogP contribution in [0.25, 0.3) is 10.9 Å². The first-order valence-electron chi connectivity index (χ1n) is 9.73. The smallest absolute Gasteiger partial charge is 0.250 e. The fourth-order valence-electron chi connectivity index (χ4n) is 4.86. The summed E-state index contributed by atoms with van der Waals surface area (Å²) in [5.41, 5.74) is 2.14. The molecule has 0 aliphatic carbocycles. The maximum absolute atomic E-state index is 13.1. The summed E-state index contributed by atoms with van der Waals surface area (Å²) in [6.45, 7) is 2.43. The Morgan fingerprint density at radius 3 is 2.82 bits per heavy atom. The monoisotopic (exact) mass is 377 g/mol. The summed E-state index contributed by atoms with van der Waals surface area (Å²) >= 11 is 0. The SMILES string of the molecule is COc1cccc2c1ccn2CC(=O)N1C[C@@H]2C[C@H](C1)c1cccc(=O)n1C2. The zero-order valence-electron chi connectivity index (χ0n) is 15.9. The zero-order chi connectivity index (χ0) is 19.3. The Bertz CT molecular complexity index is 1110. The number of piperidine rings is 1. The van der Waals surface area contributed by atoms with Crippen LogP contribution in [-0.4, -0.2) is 40.1 Å². The van der Waals surface area contributed by atoms with E-state index in [1.54, 1.807) is 13.2 Å². The van der Waals surface area contributed by atoms with Crippen LogP contribution < -0.4 is 10.3 Å². The number of benzene rings is 1. The molecular weight excluding hydrogens is 354 g/mol. The second-order valence-corrected chi connectivity index (χ2v) is 7.83. The van der Waals surface area contributed by atoms with E-state index in [1.165, 1.54) is 0 Å². The lowest BCUT2D eigenvalue weighted by Crippen LogP contribution is -2.49. The van der Waals surface area contributed by atoms with E-state index >= 15 is 0 Å². The molecule has 1 amide bonds. The second-order valence-electron chi connectivity index (χ2n) is 7.83. The molecule has 3 aromatic rings. The van der Waals surface area contributed by atoms with Gasteiger partial charge in [0.2, 0.25) is 5.91 Å². The lowest BCUT2D eigenvalue weighted by Gasteiger charge is -2.42. The van der Waals surface area contributed by atoms with Gasteiger partial charge in [-0.05, 0) is 36.6 Å². The highest BCUT2D eigenvalue weighted by Crippen LogP contribution is 2.35. The second kappa shape index (κ2) is 6.55. The molecule has 0 unspecified atom stereocenters. The predicted octanol–water partition coefficient (Wildman–Crippen LogP) is 2.46. The Balaban J connectivity index is 1.38. The van der Waals surface area contributed by atoms with E-state index in [-0.39, 0.29) is 17.4 Å². The number of ether oxygens (including phenoxy) is 1. The van der Waals surface area contributed by atoms with Crippen molar-refractivity contribution in [2.75, 3.05) is 20.2 Å². The molecule has 5 rings (SSSR count). The maximum atomic E-state index is 13.1. The van der Waals surface area contributed by atoms with E-state index in [0.29, 0.717) is 25.6 Å². The number of carbonyl (C=O) groups excluding carboxylic acids is 1. The van der Waals surface area contributed by atoms with E-state index < -0.39 is 0 Å². The number of hydrogen-bond donors (Lipinski definition) is 0. The van der Waals surface area contributed by atoms with Gasteiger partial charge in [-0.15, -0.1) is 0 Å². The van der Waals surface area contributed by atoms with Crippen molar-refractivity contribution < 1.29 is 9.53 Å². The molecule has 1 fully saturated rings. The molecule has 0 saturated carbocycles. The first-order valence-corrected chi connectivity index (χ1v) is 9.73. The van der Waals surface area contributed by atoms with E-state index in [4.69, 9.17) is 4.74 Å². The lowest BCUT2D eigenvalue weighted by molar-refractivity contribution is -0.134. The molecule has 2 bridgehead atoms. The Morgan fingerprint density at radius 2 is 1.96 bits per heavy atom. The third-order valence-electron chi connectivity index (χ3n) is 6.13. The molecule has 0 radical (unpaired) electrons. The van der Waals surface area contributed by atoms with E-state index in [9.17, 15) is 9.59 Å². The number of aromatic nitrogens is 2. The minimum absolute atomic E-state index is 0.0692. The van der Waals surface area contributed by atoms with Gasteiger partial charge < -0.3 is 18.8 Å². The number of amides is 1. The number of fused-ring (bicyclic) bond motifs is 5. The number of likely N-dealkylation sites (tertiary alicyclic amines) is 1. The number of carbonyl (C=O) groups is 1. The molecule has 2 aliphatic heterocycles. The van der Waals surface area contributed by atoms with Crippen LogP contribution in [0, 0.1) is 5.92 Å². The first kappa shape index (κ1) is 17.1. The predicted molar refractivity (Wildman–Crippen MR) is 107 cm³/mol. The van der Waals surface area contributed by atoms with Gasteiger partial charge in [-0.3, -0.25) is 9.59 Å². The summed E-state index contributed by atoms with van der Waals surface area (Å²) in [5, 5.41) is 1.02. The molecule has 0 N–H and O–H groups in total. The Morgan fingerprint density at radius 1 is 1.11 bits per heavy atom. The average molecular weight is 377 g/mol. The third kappa shape index (κ3) is 2.71. The summed E-state index contributed by atoms with van der Waals surface area (Å²) in [7, 11) is 1.66. The van der Waals surface area contributed by atoms with Crippen LogP contribution >= 0.6 is 0 Å². The van der Waals surface area contributed by atoms with Crippen LogP contribution in [0.1, 0.15) is 18.0 Å². The summed E-state index contributed by atoms with van der Waals surface area (Å²) in [5.74, 6) is 1.53. The number of pyridine rings is 1. The highest BCUT2D eigenvalue weighted by Gasteiger charge is 2.36. The quantitative estimate of drug-likeness (QED) is 0.705. The molecule has 1 saturated heterocycles. The molecule has 2 atom stereocenters. The molecular formula is C22H23N3O3. The van der Waals surface area contributed by atoms with Crippen molar-refractivity contribution in [3.05, 3.63) is 64.7 Å². The van der Waals surface area contributed by atoms with Gasteiger partial charge in [0, 0.05) is 48.9 Å². The number of hydrogen-bond acceptors (Lipinski definition) is 3. The van der Waals surface area contributed by atoms with Crippen LogP contribution in [0.15, 0.2) is 53.5 Å². The van der Waals surface area contributed by atoms with Crippen molar-refractivity contribution in [2.45, 2.75) is 25.4 Å². The molecule has 6 nitrogen and oxygen atoms in total. The number of methoxy groups -OCH3 is 1. The van der Waals surface area contributed by atoms with Crippen LogP contribution in [0.3, 0.4) is 0 Å². The van der Waals surface area contributed by atoms with E-state index in [0.717, 1.165) is 35.3 Å². The Hall–Kier alpha value is -3.02. The van der Waals surface area contributed by atoms with Crippen LogP contribution in [-0.2, 0) is 17.9 Å². The van der Waals surface area contributed by atoms with Crippen LogP contribution in [0.5, 0.6) is 5.75 Å². The minimum Gasteiger partial charge on any atom is -0.496 e. The molecule has 144 valence electrons. The third-order valence-corrected chi connectivity index (χ3v) is 6.13. The summed E-state index contributed by atoms with van der Waals surface area (Å²) < 4.78 is 9.30. The Kier molecular flexibility index (Phi) is 4.00. The Labute approximate surface area is 162 Å². The van der Waals surface area contributed by atoms with Crippen molar-refractivity contribution in [3.8, 4) is 5.75 Å². The zero-order valence-corrected chi connectivity index (χ0v) is 15.9. The van der Waals surface area contributed by atoms with Crippen molar-refractivity contribution in [2.24, 2.45) is 5.92 Å². The summed E-state index contributed by atoms with van der Waals surface area (Å²) in [6.07, 6.45) is 3.00. The number of nitrogens with zero attached hydrogens (tertiary/aromatic N) is 3. The van der Waals surface area contributed by atoms with Crippen LogP contribution in [0.4, 0.5) is 0 Å². The van der Waals surface area contributed by atoms with Gasteiger partial charge in [-0.2, -0.15) is 0 Å². The normalized spacial score (nSPS) is 20.8. The minimum atomic E-state index is 0.0692. The first-order chi connectivity index (χ1) is 13.6. The van der Waals surface area contributed by atoms with E-state index in [2.05, 4.69) is 0 Å². The highest BCUT2D eigenvalue weighted by molar-refractivity contribution is 5.88.